The van der Waals surface area contributed by atoms with Crippen molar-refractivity contribution >= 4 is 6.29 Å². The van der Waals surface area contributed by atoms with Crippen molar-refractivity contribution in [3.05, 3.63) is 0 Å². The summed E-state index contributed by atoms with van der Waals surface area (Å²) in [6.45, 7) is 1.85. The molecular formula is C3H5OTi. The number of rotatable bonds is 1. The molecule has 0 bridgehead atoms. The average Bonchev–Trinajstić information content (AvgIpc) is 1.38. The average molecular weight is 105 g/mol. The van der Waals surface area contributed by atoms with Crippen LogP contribution in [0.25, 0.3) is 0 Å². The van der Waals surface area contributed by atoms with E-state index in [0.29, 0.717) is 0 Å². The van der Waals surface area contributed by atoms with Crippen molar-refractivity contribution in [2.75, 3.05) is 0 Å². The SMILES string of the molecule is C[CH]([Ti])C=O. The Labute approximate surface area is 43.2 Å². The molecule has 0 N–H and O–H groups in total. The van der Waals surface area contributed by atoms with E-state index in [2.05, 4.69) is 0 Å². The van der Waals surface area contributed by atoms with Crippen LogP contribution in [0.1, 0.15) is 6.92 Å². The summed E-state index contributed by atoms with van der Waals surface area (Å²) in [5, 5.41) is 0. The van der Waals surface area contributed by atoms with Crippen LogP contribution >= 0.6 is 0 Å². The van der Waals surface area contributed by atoms with E-state index >= 15 is 0 Å². The molecule has 27 valence electrons. The summed E-state index contributed by atoms with van der Waals surface area (Å²) in [5.74, 6) is 0. The Morgan fingerprint density at radius 1 is 2.00 bits per heavy atom. The van der Waals surface area contributed by atoms with Crippen molar-refractivity contribution < 1.29 is 25.2 Å². The van der Waals surface area contributed by atoms with Gasteiger partial charge in [0.25, 0.3) is 0 Å². The van der Waals surface area contributed by atoms with E-state index in [1.807, 2.05) is 27.4 Å². The van der Waals surface area contributed by atoms with Crippen LogP contribution in [0.4, 0.5) is 0 Å². The van der Waals surface area contributed by atoms with Gasteiger partial charge >= 0.3 is 42.7 Å². The molecule has 0 aliphatic heterocycles. The monoisotopic (exact) mass is 105 g/mol. The van der Waals surface area contributed by atoms with E-state index in [1.165, 1.54) is 0 Å². The number of carbonyl (C=O) groups excluding carboxylic acids is 1. The predicted molar refractivity (Wildman–Crippen MR) is 15.5 cm³/mol. The van der Waals surface area contributed by atoms with Gasteiger partial charge in [-0.15, -0.1) is 0 Å². The molecule has 0 aromatic carbocycles. The van der Waals surface area contributed by atoms with Gasteiger partial charge in [0.05, 0.1) is 0 Å². The molecule has 1 unspecified atom stereocenters. The molecule has 0 aromatic rings. The second-order valence-electron chi connectivity index (χ2n) is 0.925. The maximum absolute atomic E-state index is 9.50. The molecule has 0 aromatic heterocycles. The van der Waals surface area contributed by atoms with Crippen LogP contribution in [0.2, 0.25) is 4.22 Å². The third-order valence-electron chi connectivity index (χ3n) is 0.204. The van der Waals surface area contributed by atoms with Gasteiger partial charge in [0.15, 0.2) is 0 Å². The number of hydrogen-bond donors (Lipinski definition) is 0. The first-order valence-electron chi connectivity index (χ1n) is 1.44. The summed E-state index contributed by atoms with van der Waals surface area (Å²) < 4.78 is 0.204. The Balaban J connectivity index is 2.83. The molecule has 0 saturated carbocycles. The minimum absolute atomic E-state index is 0.204. The fourth-order valence-corrected chi connectivity index (χ4v) is 0. The van der Waals surface area contributed by atoms with Crippen LogP contribution < -0.4 is 0 Å². The fraction of sp³-hybridized carbons (Fsp3) is 0.667. The molecule has 0 radical (unpaired) electrons. The summed E-state index contributed by atoms with van der Waals surface area (Å²) >= 11 is 1.85. The molecular weight excluding hydrogens is 99.9 g/mol. The second-order valence-corrected chi connectivity index (χ2v) is 2.35. The summed E-state index contributed by atoms with van der Waals surface area (Å²) in [7, 11) is 0. The molecule has 0 amide bonds. The van der Waals surface area contributed by atoms with Gasteiger partial charge in [-0.05, 0) is 0 Å². The normalized spacial score (nSPS) is 13.6. The Morgan fingerprint density at radius 3 is 2.20 bits per heavy atom. The van der Waals surface area contributed by atoms with E-state index in [-0.39, 0.29) is 4.22 Å². The van der Waals surface area contributed by atoms with Gasteiger partial charge in [-0.3, -0.25) is 0 Å². The van der Waals surface area contributed by atoms with Crippen molar-refractivity contribution in [3.8, 4) is 0 Å². The molecule has 1 atom stereocenters. The van der Waals surface area contributed by atoms with Crippen molar-refractivity contribution in [1.29, 1.82) is 0 Å². The first-order chi connectivity index (χ1) is 2.27. The van der Waals surface area contributed by atoms with Crippen LogP contribution in [-0.2, 0) is 25.2 Å². The van der Waals surface area contributed by atoms with Gasteiger partial charge in [0.2, 0.25) is 0 Å². The molecule has 0 spiro atoms. The summed E-state index contributed by atoms with van der Waals surface area (Å²) in [5.41, 5.74) is 0. The fourth-order valence-electron chi connectivity index (χ4n) is 0. The van der Waals surface area contributed by atoms with E-state index in [0.717, 1.165) is 6.29 Å². The molecule has 0 aliphatic carbocycles. The zero-order chi connectivity index (χ0) is 4.28. The zero-order valence-corrected chi connectivity index (χ0v) is 4.62. The number of carbonyl (C=O) groups is 1. The van der Waals surface area contributed by atoms with E-state index in [9.17, 15) is 4.79 Å². The molecule has 5 heavy (non-hydrogen) atoms. The van der Waals surface area contributed by atoms with Gasteiger partial charge in [-0.25, -0.2) is 0 Å². The Kier molecular flexibility index (Phi) is 2.81. The molecule has 0 heterocycles. The van der Waals surface area contributed by atoms with Gasteiger partial charge in [-0.1, -0.05) is 0 Å². The summed E-state index contributed by atoms with van der Waals surface area (Å²) in [6, 6.07) is 0. The molecule has 1 nitrogen and oxygen atoms in total. The van der Waals surface area contributed by atoms with Gasteiger partial charge in [0, 0.05) is 0 Å². The predicted octanol–water partition coefficient (Wildman–Crippen LogP) is 0.540. The quantitative estimate of drug-likeness (QED) is 0.351. The van der Waals surface area contributed by atoms with Crippen LogP contribution in [0.5, 0.6) is 0 Å². The minimum atomic E-state index is 0.204. The van der Waals surface area contributed by atoms with Gasteiger partial charge in [0.1, 0.15) is 0 Å². The standard InChI is InChI=1S/C3H5O.Ti/c1-2-3-4;/h2-3H,1H3;. The number of hydrogen-bond acceptors (Lipinski definition) is 1. The molecule has 0 aliphatic rings. The number of aldehydes is 1. The summed E-state index contributed by atoms with van der Waals surface area (Å²) in [6.07, 6.45) is 0.917. The van der Waals surface area contributed by atoms with E-state index in [1.54, 1.807) is 0 Å². The molecule has 2 heteroatoms. The third-order valence-corrected chi connectivity index (χ3v) is 0.417. The van der Waals surface area contributed by atoms with Crippen LogP contribution in [0.3, 0.4) is 0 Å². The Morgan fingerprint density at radius 2 is 2.20 bits per heavy atom. The topological polar surface area (TPSA) is 17.1 Å². The molecule has 0 rings (SSSR count). The van der Waals surface area contributed by atoms with Crippen LogP contribution in [0.15, 0.2) is 0 Å². The van der Waals surface area contributed by atoms with Gasteiger partial charge in [-0.2, -0.15) is 0 Å². The van der Waals surface area contributed by atoms with Crippen LogP contribution in [-0.4, -0.2) is 6.29 Å². The molecule has 0 fully saturated rings. The summed E-state index contributed by atoms with van der Waals surface area (Å²) in [4.78, 5) is 9.50. The van der Waals surface area contributed by atoms with Crippen molar-refractivity contribution in [2.45, 2.75) is 11.1 Å². The Hall–Kier alpha value is 0.384. The van der Waals surface area contributed by atoms with Crippen molar-refractivity contribution in [1.82, 2.24) is 0 Å². The first-order valence-corrected chi connectivity index (χ1v) is 2.34. The third kappa shape index (κ3) is 4.38. The second kappa shape index (κ2) is 2.61. The van der Waals surface area contributed by atoms with E-state index < -0.39 is 0 Å². The maximum atomic E-state index is 9.50. The Bertz CT molecular complexity index is 33.9. The zero-order valence-electron chi connectivity index (χ0n) is 3.06. The van der Waals surface area contributed by atoms with E-state index in [4.69, 9.17) is 0 Å². The molecule has 0 saturated heterocycles. The van der Waals surface area contributed by atoms with Crippen molar-refractivity contribution in [3.63, 3.8) is 0 Å². The first kappa shape index (κ1) is 5.38. The van der Waals surface area contributed by atoms with Crippen molar-refractivity contribution in [2.24, 2.45) is 0 Å². The van der Waals surface area contributed by atoms with Gasteiger partial charge < -0.3 is 0 Å². The van der Waals surface area contributed by atoms with Crippen LogP contribution in [0, 0.1) is 0 Å².